The Morgan fingerprint density at radius 1 is 0.952 bits per heavy atom. The van der Waals surface area contributed by atoms with Crippen molar-refractivity contribution in [3.63, 3.8) is 0 Å². The lowest BCUT2D eigenvalue weighted by Crippen LogP contribution is -2.21. The van der Waals surface area contributed by atoms with Crippen LogP contribution in [0, 0.1) is 3.57 Å². The van der Waals surface area contributed by atoms with Gasteiger partial charge in [0.15, 0.2) is 0 Å². The summed E-state index contributed by atoms with van der Waals surface area (Å²) < 4.78 is 6.97. The molecule has 0 amide bonds. The molecule has 0 saturated carbocycles. The molecule has 3 heteroatoms. The van der Waals surface area contributed by atoms with Crippen molar-refractivity contribution in [2.45, 2.75) is 32.9 Å². The minimum Gasteiger partial charge on any atom is -0.491 e. The maximum absolute atomic E-state index is 5.71. The number of rotatable bonds is 6. The Labute approximate surface area is 141 Å². The zero-order chi connectivity index (χ0) is 15.2. The van der Waals surface area contributed by atoms with E-state index in [9.17, 15) is 0 Å². The molecule has 2 aromatic rings. The third-order valence-electron chi connectivity index (χ3n) is 3.20. The van der Waals surface area contributed by atoms with Gasteiger partial charge in [-0.3, -0.25) is 0 Å². The summed E-state index contributed by atoms with van der Waals surface area (Å²) in [5, 5.41) is 3.55. The number of halogens is 1. The van der Waals surface area contributed by atoms with Gasteiger partial charge in [-0.1, -0.05) is 31.2 Å². The molecule has 0 fully saturated rings. The van der Waals surface area contributed by atoms with E-state index in [-0.39, 0.29) is 12.1 Å². The summed E-state index contributed by atoms with van der Waals surface area (Å²) in [7, 11) is 0. The molecular formula is C18H22INO. The van der Waals surface area contributed by atoms with Crippen molar-refractivity contribution in [3.05, 3.63) is 63.2 Å². The van der Waals surface area contributed by atoms with Gasteiger partial charge >= 0.3 is 0 Å². The van der Waals surface area contributed by atoms with E-state index >= 15 is 0 Å². The Balaban J connectivity index is 2.23. The fourth-order valence-electron chi connectivity index (χ4n) is 2.30. The quantitative estimate of drug-likeness (QED) is 0.711. The molecule has 0 aromatic heterocycles. The number of benzene rings is 2. The average Bonchev–Trinajstić information content (AvgIpc) is 2.46. The second kappa shape index (κ2) is 7.80. The molecule has 0 heterocycles. The molecule has 1 atom stereocenters. The molecule has 0 aliphatic heterocycles. The van der Waals surface area contributed by atoms with Crippen LogP contribution in [0.3, 0.4) is 0 Å². The fraction of sp³-hybridized carbons (Fsp3) is 0.333. The van der Waals surface area contributed by atoms with Gasteiger partial charge in [0.25, 0.3) is 0 Å². The Bertz CT molecular complexity index is 548. The van der Waals surface area contributed by atoms with E-state index in [4.69, 9.17) is 4.74 Å². The first kappa shape index (κ1) is 16.3. The van der Waals surface area contributed by atoms with Crippen LogP contribution in [0.1, 0.15) is 37.9 Å². The molecule has 0 saturated heterocycles. The third-order valence-corrected chi connectivity index (χ3v) is 3.92. The molecule has 0 aliphatic carbocycles. The third kappa shape index (κ3) is 4.71. The maximum Gasteiger partial charge on any atom is 0.119 e. The Morgan fingerprint density at radius 3 is 1.95 bits per heavy atom. The van der Waals surface area contributed by atoms with E-state index in [1.54, 1.807) is 0 Å². The second-order valence-corrected chi connectivity index (χ2v) is 6.52. The smallest absolute Gasteiger partial charge is 0.119 e. The highest BCUT2D eigenvalue weighted by molar-refractivity contribution is 14.1. The minimum absolute atomic E-state index is 0.205. The van der Waals surface area contributed by atoms with Gasteiger partial charge in [-0.05, 0) is 78.4 Å². The molecule has 0 radical (unpaired) electrons. The number of hydrogen-bond acceptors (Lipinski definition) is 2. The predicted molar refractivity (Wildman–Crippen MR) is 96.9 cm³/mol. The molecule has 0 spiro atoms. The molecule has 1 N–H and O–H groups in total. The van der Waals surface area contributed by atoms with Crippen molar-refractivity contribution >= 4 is 22.6 Å². The normalized spacial score (nSPS) is 12.4. The molecule has 2 nitrogen and oxygen atoms in total. The Hall–Kier alpha value is -1.07. The van der Waals surface area contributed by atoms with Gasteiger partial charge in [-0.15, -0.1) is 0 Å². The van der Waals surface area contributed by atoms with Crippen LogP contribution in [-0.2, 0) is 0 Å². The van der Waals surface area contributed by atoms with Crippen molar-refractivity contribution in [2.75, 3.05) is 6.54 Å². The first-order valence-electron chi connectivity index (χ1n) is 7.35. The number of nitrogens with one attached hydrogen (secondary N) is 1. The molecule has 112 valence electrons. The molecule has 2 aromatic carbocycles. The summed E-state index contributed by atoms with van der Waals surface area (Å²) in [5.74, 6) is 0.923. The van der Waals surface area contributed by atoms with E-state index in [0.717, 1.165) is 12.3 Å². The molecule has 0 aliphatic rings. The maximum atomic E-state index is 5.71. The van der Waals surface area contributed by atoms with E-state index in [1.807, 2.05) is 26.0 Å². The lowest BCUT2D eigenvalue weighted by molar-refractivity contribution is 0.242. The van der Waals surface area contributed by atoms with Crippen LogP contribution in [-0.4, -0.2) is 12.6 Å². The summed E-state index contributed by atoms with van der Waals surface area (Å²) in [6, 6.07) is 17.3. The van der Waals surface area contributed by atoms with Gasteiger partial charge in [-0.2, -0.15) is 0 Å². The Morgan fingerprint density at radius 2 is 1.48 bits per heavy atom. The van der Waals surface area contributed by atoms with E-state index in [2.05, 4.69) is 71.2 Å². The highest BCUT2D eigenvalue weighted by atomic mass is 127. The van der Waals surface area contributed by atoms with Crippen LogP contribution in [0.4, 0.5) is 0 Å². The second-order valence-electron chi connectivity index (χ2n) is 5.28. The number of ether oxygens (including phenoxy) is 1. The summed E-state index contributed by atoms with van der Waals surface area (Å²) in [5.41, 5.74) is 2.55. The molecule has 1 unspecified atom stereocenters. The minimum atomic E-state index is 0.205. The highest BCUT2D eigenvalue weighted by Crippen LogP contribution is 2.25. The van der Waals surface area contributed by atoms with Crippen molar-refractivity contribution in [3.8, 4) is 5.75 Å². The van der Waals surface area contributed by atoms with Crippen molar-refractivity contribution in [2.24, 2.45) is 0 Å². The summed E-state index contributed by atoms with van der Waals surface area (Å²) >= 11 is 2.33. The summed E-state index contributed by atoms with van der Waals surface area (Å²) in [4.78, 5) is 0. The van der Waals surface area contributed by atoms with Gasteiger partial charge < -0.3 is 10.1 Å². The van der Waals surface area contributed by atoms with Gasteiger partial charge in [0.05, 0.1) is 12.1 Å². The summed E-state index contributed by atoms with van der Waals surface area (Å²) in [6.07, 6.45) is 0.205. The van der Waals surface area contributed by atoms with Crippen molar-refractivity contribution < 1.29 is 4.74 Å². The SMILES string of the molecule is CCNC(c1ccc(I)cc1)c1ccc(OC(C)C)cc1. The van der Waals surface area contributed by atoms with E-state index in [0.29, 0.717) is 0 Å². The van der Waals surface area contributed by atoms with Crippen LogP contribution < -0.4 is 10.1 Å². The zero-order valence-corrected chi connectivity index (χ0v) is 14.9. The molecule has 21 heavy (non-hydrogen) atoms. The first-order chi connectivity index (χ1) is 10.1. The monoisotopic (exact) mass is 395 g/mol. The molecular weight excluding hydrogens is 373 g/mol. The first-order valence-corrected chi connectivity index (χ1v) is 8.43. The number of hydrogen-bond donors (Lipinski definition) is 1. The standard InChI is InChI=1S/C18H22INO/c1-4-20-18(14-5-9-16(19)10-6-14)15-7-11-17(12-8-15)21-13(2)3/h5-13,18,20H,4H2,1-3H3. The lowest BCUT2D eigenvalue weighted by Gasteiger charge is -2.20. The molecule has 0 bridgehead atoms. The van der Waals surface area contributed by atoms with Gasteiger partial charge in [0.1, 0.15) is 5.75 Å². The van der Waals surface area contributed by atoms with Crippen LogP contribution in [0.15, 0.2) is 48.5 Å². The fourth-order valence-corrected chi connectivity index (χ4v) is 2.66. The van der Waals surface area contributed by atoms with Crippen LogP contribution >= 0.6 is 22.6 Å². The average molecular weight is 395 g/mol. The van der Waals surface area contributed by atoms with Gasteiger partial charge in [0, 0.05) is 3.57 Å². The van der Waals surface area contributed by atoms with E-state index in [1.165, 1.54) is 14.7 Å². The highest BCUT2D eigenvalue weighted by Gasteiger charge is 2.13. The topological polar surface area (TPSA) is 21.3 Å². The summed E-state index contributed by atoms with van der Waals surface area (Å²) in [6.45, 7) is 7.15. The predicted octanol–water partition coefficient (Wildman–Crippen LogP) is 4.78. The largest absolute Gasteiger partial charge is 0.491 e. The van der Waals surface area contributed by atoms with Crippen molar-refractivity contribution in [1.82, 2.24) is 5.32 Å². The van der Waals surface area contributed by atoms with Crippen LogP contribution in [0.5, 0.6) is 5.75 Å². The van der Waals surface area contributed by atoms with Crippen molar-refractivity contribution in [1.29, 1.82) is 0 Å². The molecule has 2 rings (SSSR count). The van der Waals surface area contributed by atoms with E-state index < -0.39 is 0 Å². The van der Waals surface area contributed by atoms with Gasteiger partial charge in [-0.25, -0.2) is 0 Å². The zero-order valence-electron chi connectivity index (χ0n) is 12.8. The van der Waals surface area contributed by atoms with Crippen LogP contribution in [0.25, 0.3) is 0 Å². The van der Waals surface area contributed by atoms with Gasteiger partial charge in [0.2, 0.25) is 0 Å². The Kier molecular flexibility index (Phi) is 6.06. The lowest BCUT2D eigenvalue weighted by atomic mass is 9.98. The van der Waals surface area contributed by atoms with Crippen LogP contribution in [0.2, 0.25) is 0 Å².